The van der Waals surface area contributed by atoms with E-state index in [1.807, 2.05) is 4.90 Å². The van der Waals surface area contributed by atoms with Crippen LogP contribution in [-0.2, 0) is 0 Å². The molecule has 1 saturated heterocycles. The Morgan fingerprint density at radius 2 is 2.24 bits per heavy atom. The highest BCUT2D eigenvalue weighted by molar-refractivity contribution is 5.95. The zero-order chi connectivity index (χ0) is 15.5. The number of ether oxygens (including phenoxy) is 1. The molecule has 1 heterocycles. The van der Waals surface area contributed by atoms with Gasteiger partial charge >= 0.3 is 0 Å². The van der Waals surface area contributed by atoms with Gasteiger partial charge in [0.15, 0.2) is 0 Å². The maximum Gasteiger partial charge on any atom is 0.253 e. The monoisotopic (exact) mass is 287 g/mol. The molecule has 0 bridgehead atoms. The molecule has 0 spiro atoms. The number of carbonyl (C=O) groups is 1. The van der Waals surface area contributed by atoms with Crippen LogP contribution in [0.15, 0.2) is 18.2 Å². The van der Waals surface area contributed by atoms with Crippen LogP contribution >= 0.6 is 0 Å². The van der Waals surface area contributed by atoms with Crippen molar-refractivity contribution in [2.24, 2.45) is 5.41 Å². The van der Waals surface area contributed by atoms with Crippen molar-refractivity contribution in [1.82, 2.24) is 4.90 Å². The maximum absolute atomic E-state index is 12.5. The zero-order valence-corrected chi connectivity index (χ0v) is 12.8. The van der Waals surface area contributed by atoms with Crippen LogP contribution in [0.5, 0.6) is 5.75 Å². The van der Waals surface area contributed by atoms with E-state index in [-0.39, 0.29) is 17.9 Å². The summed E-state index contributed by atoms with van der Waals surface area (Å²) in [6, 6.07) is 5.24. The highest BCUT2D eigenvalue weighted by Gasteiger charge is 2.32. The summed E-state index contributed by atoms with van der Waals surface area (Å²) >= 11 is 0. The summed E-state index contributed by atoms with van der Waals surface area (Å²) in [7, 11) is 1.56. The van der Waals surface area contributed by atoms with Crippen molar-refractivity contribution in [3.05, 3.63) is 29.3 Å². The molecule has 0 saturated carbocycles. The lowest BCUT2D eigenvalue weighted by atomic mass is 9.93. The third kappa shape index (κ3) is 3.56. The predicted octanol–water partition coefficient (Wildman–Crippen LogP) is 1.91. The van der Waals surface area contributed by atoms with Crippen molar-refractivity contribution < 1.29 is 14.6 Å². The van der Waals surface area contributed by atoms with Crippen LogP contribution < -0.4 is 4.74 Å². The first kappa shape index (κ1) is 15.4. The van der Waals surface area contributed by atoms with E-state index >= 15 is 0 Å². The molecule has 0 unspecified atom stereocenters. The Hall–Kier alpha value is -1.99. The van der Waals surface area contributed by atoms with Gasteiger partial charge in [-0.25, -0.2) is 0 Å². The fourth-order valence-electron chi connectivity index (χ4n) is 2.54. The molecule has 1 N–H and O–H groups in total. The van der Waals surface area contributed by atoms with Gasteiger partial charge in [0.2, 0.25) is 0 Å². The Labute approximate surface area is 125 Å². The number of aliphatic hydroxyl groups excluding tert-OH is 1. The molecular formula is C17H21NO3. The summed E-state index contributed by atoms with van der Waals surface area (Å²) in [5.41, 5.74) is 1.41. The van der Waals surface area contributed by atoms with Gasteiger partial charge in [-0.2, -0.15) is 0 Å². The van der Waals surface area contributed by atoms with Gasteiger partial charge in [-0.15, -0.1) is 0 Å². The quantitative estimate of drug-likeness (QED) is 0.845. The van der Waals surface area contributed by atoms with Gasteiger partial charge in [0, 0.05) is 18.7 Å². The van der Waals surface area contributed by atoms with E-state index in [1.54, 1.807) is 25.3 Å². The Bertz CT molecular complexity index is 596. The van der Waals surface area contributed by atoms with Crippen LogP contribution in [0.4, 0.5) is 0 Å². The molecule has 1 amide bonds. The normalized spacial score (nSPS) is 16.3. The van der Waals surface area contributed by atoms with Crippen molar-refractivity contribution >= 4 is 5.91 Å². The molecular weight excluding hydrogens is 266 g/mol. The summed E-state index contributed by atoms with van der Waals surface area (Å²) in [6.07, 6.45) is 1.02. The molecule has 1 aromatic rings. The average Bonchev–Trinajstić information content (AvgIpc) is 2.84. The van der Waals surface area contributed by atoms with E-state index in [1.165, 1.54) is 0 Å². The van der Waals surface area contributed by atoms with Crippen LogP contribution in [0.2, 0.25) is 0 Å². The molecule has 2 rings (SSSR count). The highest BCUT2D eigenvalue weighted by atomic mass is 16.5. The minimum absolute atomic E-state index is 0.0234. The van der Waals surface area contributed by atoms with Crippen LogP contribution in [0.25, 0.3) is 0 Å². The van der Waals surface area contributed by atoms with Gasteiger partial charge in [0.25, 0.3) is 5.91 Å². The molecule has 1 aliphatic heterocycles. The first-order chi connectivity index (χ1) is 9.96. The van der Waals surface area contributed by atoms with Crippen molar-refractivity contribution in [3.63, 3.8) is 0 Å². The van der Waals surface area contributed by atoms with E-state index in [0.717, 1.165) is 19.5 Å². The number of aliphatic hydroxyl groups is 1. The van der Waals surface area contributed by atoms with E-state index in [2.05, 4.69) is 25.7 Å². The first-order valence-corrected chi connectivity index (χ1v) is 7.04. The molecule has 4 nitrogen and oxygen atoms in total. The van der Waals surface area contributed by atoms with Crippen LogP contribution in [0.3, 0.4) is 0 Å². The van der Waals surface area contributed by atoms with E-state index in [9.17, 15) is 4.79 Å². The summed E-state index contributed by atoms with van der Waals surface area (Å²) in [5.74, 6) is 6.04. The molecule has 0 atom stereocenters. The third-order valence-corrected chi connectivity index (χ3v) is 3.71. The Morgan fingerprint density at radius 3 is 2.81 bits per heavy atom. The van der Waals surface area contributed by atoms with Crippen molar-refractivity contribution in [3.8, 4) is 17.6 Å². The van der Waals surface area contributed by atoms with Gasteiger partial charge in [-0.3, -0.25) is 4.79 Å². The Balaban J connectivity index is 2.26. The van der Waals surface area contributed by atoms with Crippen molar-refractivity contribution in [2.45, 2.75) is 20.3 Å². The fourth-order valence-corrected chi connectivity index (χ4v) is 2.54. The lowest BCUT2D eigenvalue weighted by molar-refractivity contribution is 0.0778. The summed E-state index contributed by atoms with van der Waals surface area (Å²) < 4.78 is 5.23. The van der Waals surface area contributed by atoms with Crippen LogP contribution in [0.1, 0.15) is 36.2 Å². The number of methoxy groups -OCH3 is 1. The molecule has 1 fully saturated rings. The number of benzene rings is 1. The zero-order valence-electron chi connectivity index (χ0n) is 12.8. The highest BCUT2D eigenvalue weighted by Crippen LogP contribution is 2.30. The molecule has 0 aliphatic carbocycles. The number of carbonyl (C=O) groups excluding carboxylic acids is 1. The fraction of sp³-hybridized carbons (Fsp3) is 0.471. The summed E-state index contributed by atoms with van der Waals surface area (Å²) in [5, 5.41) is 8.81. The van der Waals surface area contributed by atoms with Crippen molar-refractivity contribution in [2.75, 3.05) is 26.8 Å². The number of likely N-dealkylation sites (tertiary alicyclic amines) is 1. The van der Waals surface area contributed by atoms with Gasteiger partial charge in [0.05, 0.1) is 12.7 Å². The third-order valence-electron chi connectivity index (χ3n) is 3.71. The number of hydrogen-bond donors (Lipinski definition) is 1. The number of rotatable bonds is 2. The summed E-state index contributed by atoms with van der Waals surface area (Å²) in [6.45, 7) is 5.69. The maximum atomic E-state index is 12.5. The molecule has 0 aromatic heterocycles. The average molecular weight is 287 g/mol. The minimum Gasteiger partial charge on any atom is -0.495 e. The van der Waals surface area contributed by atoms with Gasteiger partial charge in [-0.05, 0) is 30.0 Å². The number of amides is 1. The molecule has 4 heteroatoms. The van der Waals surface area contributed by atoms with Crippen LogP contribution in [0, 0.1) is 17.3 Å². The smallest absolute Gasteiger partial charge is 0.253 e. The molecule has 21 heavy (non-hydrogen) atoms. The van der Waals surface area contributed by atoms with Crippen LogP contribution in [-0.4, -0.2) is 42.7 Å². The predicted molar refractivity (Wildman–Crippen MR) is 81.3 cm³/mol. The van der Waals surface area contributed by atoms with E-state index < -0.39 is 0 Å². The molecule has 0 radical (unpaired) electrons. The second-order valence-corrected chi connectivity index (χ2v) is 6.02. The van der Waals surface area contributed by atoms with E-state index in [0.29, 0.717) is 16.9 Å². The molecule has 1 aromatic carbocycles. The Kier molecular flexibility index (Phi) is 4.54. The first-order valence-electron chi connectivity index (χ1n) is 7.04. The number of nitrogens with zero attached hydrogens (tertiary/aromatic N) is 1. The largest absolute Gasteiger partial charge is 0.495 e. The second kappa shape index (κ2) is 6.19. The van der Waals surface area contributed by atoms with Crippen molar-refractivity contribution in [1.29, 1.82) is 0 Å². The molecule has 112 valence electrons. The minimum atomic E-state index is -0.221. The second-order valence-electron chi connectivity index (χ2n) is 6.02. The topological polar surface area (TPSA) is 49.8 Å². The SMILES string of the molecule is COc1ccc(C(=O)N2CCC(C)(C)C2)cc1C#CCO. The van der Waals surface area contributed by atoms with E-state index in [4.69, 9.17) is 9.84 Å². The Morgan fingerprint density at radius 1 is 1.48 bits per heavy atom. The number of hydrogen-bond acceptors (Lipinski definition) is 3. The van der Waals surface area contributed by atoms with Gasteiger partial charge < -0.3 is 14.7 Å². The summed E-state index contributed by atoms with van der Waals surface area (Å²) in [4.78, 5) is 14.4. The lowest BCUT2D eigenvalue weighted by Gasteiger charge is -2.20. The van der Waals surface area contributed by atoms with Gasteiger partial charge in [0.1, 0.15) is 12.4 Å². The standard InChI is InChI=1S/C17H21NO3/c1-17(2)8-9-18(12-17)16(20)14-6-7-15(21-3)13(11-14)5-4-10-19/h6-7,11,19H,8-10,12H2,1-3H3. The molecule has 1 aliphatic rings. The lowest BCUT2D eigenvalue weighted by Crippen LogP contribution is -2.30. The van der Waals surface area contributed by atoms with Gasteiger partial charge in [-0.1, -0.05) is 25.7 Å².